The molecule has 1 aliphatic rings. The fourth-order valence-electron chi connectivity index (χ4n) is 3.85. The lowest BCUT2D eigenvalue weighted by Gasteiger charge is -2.10. The molecule has 2 heterocycles. The molecule has 1 amide bonds. The number of rotatable bonds is 6. The number of aryl methyl sites for hydroxylation is 1. The first-order valence-corrected chi connectivity index (χ1v) is 12.1. The molecule has 0 spiro atoms. The van der Waals surface area contributed by atoms with Crippen LogP contribution in [0.2, 0.25) is 0 Å². The predicted octanol–water partition coefficient (Wildman–Crippen LogP) is 5.09. The molecular weight excluding hydrogens is 438 g/mol. The predicted molar refractivity (Wildman–Crippen MR) is 127 cm³/mol. The second-order valence-corrected chi connectivity index (χ2v) is 9.40. The van der Waals surface area contributed by atoms with E-state index in [2.05, 4.69) is 21.6 Å². The summed E-state index contributed by atoms with van der Waals surface area (Å²) in [6, 6.07) is 22.0. The number of para-hydroxylation sites is 1. The van der Waals surface area contributed by atoms with E-state index in [1.807, 2.05) is 65.2 Å². The smallest absolute Gasteiger partial charge is 0.235 e. The van der Waals surface area contributed by atoms with Crippen LogP contribution in [-0.4, -0.2) is 26.4 Å². The van der Waals surface area contributed by atoms with Crippen molar-refractivity contribution in [3.63, 3.8) is 0 Å². The number of nitrogens with one attached hydrogen (secondary N) is 1. The Morgan fingerprint density at radius 2 is 1.84 bits per heavy atom. The van der Waals surface area contributed by atoms with Gasteiger partial charge in [-0.2, -0.15) is 5.26 Å². The Bertz CT molecular complexity index is 1310. The van der Waals surface area contributed by atoms with Gasteiger partial charge in [0.15, 0.2) is 11.0 Å². The Hall–Kier alpha value is -3.41. The molecule has 0 fully saturated rings. The zero-order valence-corrected chi connectivity index (χ0v) is 18.7. The van der Waals surface area contributed by atoms with Gasteiger partial charge in [-0.25, -0.2) is 0 Å². The molecule has 8 heteroatoms. The van der Waals surface area contributed by atoms with Crippen LogP contribution in [0, 0.1) is 11.3 Å². The van der Waals surface area contributed by atoms with Crippen LogP contribution in [0.25, 0.3) is 17.1 Å². The van der Waals surface area contributed by atoms with Gasteiger partial charge in [0, 0.05) is 16.1 Å². The molecule has 0 saturated carbocycles. The molecule has 0 aliphatic heterocycles. The van der Waals surface area contributed by atoms with Gasteiger partial charge < -0.3 is 5.32 Å². The van der Waals surface area contributed by atoms with Crippen LogP contribution in [0.1, 0.15) is 22.4 Å². The van der Waals surface area contributed by atoms with E-state index < -0.39 is 0 Å². The molecule has 5 rings (SSSR count). The van der Waals surface area contributed by atoms with E-state index in [0.29, 0.717) is 15.7 Å². The fraction of sp³-hybridized carbons (Fsp3) is 0.167. The summed E-state index contributed by atoms with van der Waals surface area (Å²) in [5, 5.41) is 22.6. The summed E-state index contributed by atoms with van der Waals surface area (Å²) in [6.45, 7) is 0. The van der Waals surface area contributed by atoms with Crippen LogP contribution in [0.5, 0.6) is 0 Å². The van der Waals surface area contributed by atoms with Gasteiger partial charge in [0.2, 0.25) is 5.91 Å². The molecule has 0 saturated heterocycles. The molecule has 158 valence electrons. The number of carbonyl (C=O) groups excluding carboxylic acids is 1. The van der Waals surface area contributed by atoms with E-state index in [-0.39, 0.29) is 11.7 Å². The minimum Gasteiger partial charge on any atom is -0.316 e. The van der Waals surface area contributed by atoms with Gasteiger partial charge in [0.25, 0.3) is 0 Å². The minimum absolute atomic E-state index is 0.157. The van der Waals surface area contributed by atoms with Crippen molar-refractivity contribution in [3.8, 4) is 23.1 Å². The molecule has 2 aromatic carbocycles. The molecule has 0 atom stereocenters. The average Bonchev–Trinajstić information content (AvgIpc) is 3.53. The molecule has 0 radical (unpaired) electrons. The minimum atomic E-state index is -0.157. The van der Waals surface area contributed by atoms with Gasteiger partial charge in [-0.3, -0.25) is 9.36 Å². The second-order valence-electron chi connectivity index (χ2n) is 7.35. The topological polar surface area (TPSA) is 83.6 Å². The Labute approximate surface area is 193 Å². The Morgan fingerprint density at radius 1 is 1.09 bits per heavy atom. The van der Waals surface area contributed by atoms with Crippen molar-refractivity contribution in [2.75, 3.05) is 11.1 Å². The molecule has 4 aromatic rings. The summed E-state index contributed by atoms with van der Waals surface area (Å²) in [4.78, 5) is 13.9. The lowest BCUT2D eigenvalue weighted by molar-refractivity contribution is -0.113. The third-order valence-electron chi connectivity index (χ3n) is 5.30. The Kier molecular flexibility index (Phi) is 5.75. The number of hydrogen-bond donors (Lipinski definition) is 1. The number of aromatic nitrogens is 3. The Morgan fingerprint density at radius 3 is 2.59 bits per heavy atom. The maximum atomic E-state index is 12.7. The number of amides is 1. The van der Waals surface area contributed by atoms with Crippen LogP contribution >= 0.6 is 23.1 Å². The van der Waals surface area contributed by atoms with Crippen molar-refractivity contribution in [2.24, 2.45) is 0 Å². The highest BCUT2D eigenvalue weighted by atomic mass is 32.2. The third kappa shape index (κ3) is 3.93. The molecule has 0 bridgehead atoms. The highest BCUT2D eigenvalue weighted by Crippen LogP contribution is 2.38. The van der Waals surface area contributed by atoms with Crippen molar-refractivity contribution < 1.29 is 4.79 Å². The van der Waals surface area contributed by atoms with Crippen molar-refractivity contribution in [2.45, 2.75) is 24.4 Å². The number of thioether (sulfide) groups is 1. The standard InChI is InChI=1S/C24H19N5OS2/c25-14-19-18-12-7-13-20(18)32-23(19)26-21(30)15-31-24-28-27-22(16-8-3-1-4-9-16)29(24)17-10-5-2-6-11-17/h1-6,8-11H,7,12-13,15H2,(H,26,30). The van der Waals surface area contributed by atoms with Crippen LogP contribution in [-0.2, 0) is 17.6 Å². The fourth-order valence-corrected chi connectivity index (χ4v) is 5.86. The van der Waals surface area contributed by atoms with Crippen molar-refractivity contribution >= 4 is 34.0 Å². The maximum Gasteiger partial charge on any atom is 0.235 e. The van der Waals surface area contributed by atoms with E-state index >= 15 is 0 Å². The molecule has 1 aliphatic carbocycles. The highest BCUT2D eigenvalue weighted by molar-refractivity contribution is 7.99. The summed E-state index contributed by atoms with van der Waals surface area (Å²) in [5.41, 5.74) is 3.61. The van der Waals surface area contributed by atoms with Crippen molar-refractivity contribution in [3.05, 3.63) is 76.7 Å². The maximum absolute atomic E-state index is 12.7. The number of carbonyl (C=O) groups is 1. The van der Waals surface area contributed by atoms with Gasteiger partial charge in [0.05, 0.1) is 11.3 Å². The van der Waals surface area contributed by atoms with Crippen LogP contribution in [0.3, 0.4) is 0 Å². The SMILES string of the molecule is N#Cc1c(NC(=O)CSc2nnc(-c3ccccc3)n2-c2ccccc2)sc2c1CCC2. The monoisotopic (exact) mass is 457 g/mol. The summed E-state index contributed by atoms with van der Waals surface area (Å²) in [6.07, 6.45) is 2.99. The Balaban J connectivity index is 1.38. The summed E-state index contributed by atoms with van der Waals surface area (Å²) < 4.78 is 1.97. The van der Waals surface area contributed by atoms with Crippen molar-refractivity contribution in [1.82, 2.24) is 14.8 Å². The third-order valence-corrected chi connectivity index (χ3v) is 7.43. The zero-order valence-electron chi connectivity index (χ0n) is 17.1. The zero-order chi connectivity index (χ0) is 21.9. The van der Waals surface area contributed by atoms with E-state index in [1.54, 1.807) is 0 Å². The number of anilines is 1. The number of nitrogens with zero attached hydrogens (tertiary/aromatic N) is 4. The first-order valence-electron chi connectivity index (χ1n) is 10.3. The summed E-state index contributed by atoms with van der Waals surface area (Å²) in [5.74, 6) is 0.740. The van der Waals surface area contributed by atoms with E-state index in [4.69, 9.17) is 0 Å². The normalized spacial score (nSPS) is 12.3. The van der Waals surface area contributed by atoms with E-state index in [0.717, 1.165) is 41.9 Å². The molecule has 6 nitrogen and oxygen atoms in total. The molecule has 1 N–H and O–H groups in total. The molecule has 0 unspecified atom stereocenters. The van der Waals surface area contributed by atoms with Crippen molar-refractivity contribution in [1.29, 1.82) is 5.26 Å². The lowest BCUT2D eigenvalue weighted by Crippen LogP contribution is -2.14. The second kappa shape index (κ2) is 8.99. The first kappa shape index (κ1) is 20.5. The van der Waals surface area contributed by atoms with Gasteiger partial charge in [-0.1, -0.05) is 60.3 Å². The number of thiophene rings is 1. The lowest BCUT2D eigenvalue weighted by atomic mass is 10.1. The molecule has 2 aromatic heterocycles. The number of benzene rings is 2. The van der Waals surface area contributed by atoms with Gasteiger partial charge in [-0.05, 0) is 37.0 Å². The number of nitriles is 1. The van der Waals surface area contributed by atoms with Gasteiger partial charge >= 0.3 is 0 Å². The quantitative estimate of drug-likeness (QED) is 0.408. The van der Waals surface area contributed by atoms with Crippen LogP contribution in [0.15, 0.2) is 65.8 Å². The van der Waals surface area contributed by atoms with Crippen LogP contribution < -0.4 is 5.32 Å². The van der Waals surface area contributed by atoms with Crippen LogP contribution in [0.4, 0.5) is 5.00 Å². The van der Waals surface area contributed by atoms with E-state index in [1.165, 1.54) is 28.0 Å². The summed E-state index contributed by atoms with van der Waals surface area (Å²) >= 11 is 2.86. The number of fused-ring (bicyclic) bond motifs is 1. The molecular formula is C24H19N5OS2. The number of hydrogen-bond acceptors (Lipinski definition) is 6. The largest absolute Gasteiger partial charge is 0.316 e. The first-order chi connectivity index (χ1) is 15.7. The average molecular weight is 458 g/mol. The summed E-state index contributed by atoms with van der Waals surface area (Å²) in [7, 11) is 0. The van der Waals surface area contributed by atoms with Gasteiger partial charge in [-0.15, -0.1) is 21.5 Å². The highest BCUT2D eigenvalue weighted by Gasteiger charge is 2.23. The molecule has 32 heavy (non-hydrogen) atoms. The van der Waals surface area contributed by atoms with E-state index in [9.17, 15) is 10.1 Å². The van der Waals surface area contributed by atoms with Gasteiger partial charge in [0.1, 0.15) is 11.1 Å².